The highest BCUT2D eigenvalue weighted by atomic mass is 35.5. The third kappa shape index (κ3) is 1.42. The standard InChI is InChI=1S/C11H13Cl2NO/c12-8-6-11(4-1-5-14(11)7-8)9-2-3-10(13)15-9/h2-3,8H,1,4-7H2. The van der Waals surface area contributed by atoms with Gasteiger partial charge in [-0.05, 0) is 49.5 Å². The van der Waals surface area contributed by atoms with Crippen molar-refractivity contribution in [2.75, 3.05) is 13.1 Å². The lowest BCUT2D eigenvalue weighted by Gasteiger charge is -2.29. The van der Waals surface area contributed by atoms with Gasteiger partial charge in [-0.15, -0.1) is 11.6 Å². The number of alkyl halides is 1. The van der Waals surface area contributed by atoms with Crippen molar-refractivity contribution in [2.24, 2.45) is 0 Å². The number of hydrogen-bond donors (Lipinski definition) is 0. The molecule has 0 radical (unpaired) electrons. The monoisotopic (exact) mass is 245 g/mol. The summed E-state index contributed by atoms with van der Waals surface area (Å²) in [5, 5.41) is 0.721. The van der Waals surface area contributed by atoms with Crippen LogP contribution in [-0.4, -0.2) is 23.4 Å². The second kappa shape index (κ2) is 3.41. The Hall–Kier alpha value is -0.180. The average molecular weight is 246 g/mol. The van der Waals surface area contributed by atoms with E-state index in [-0.39, 0.29) is 10.9 Å². The summed E-state index contributed by atoms with van der Waals surface area (Å²) in [7, 11) is 0. The zero-order valence-corrected chi connectivity index (χ0v) is 9.89. The van der Waals surface area contributed by atoms with Gasteiger partial charge in [0.05, 0.1) is 5.54 Å². The highest BCUT2D eigenvalue weighted by molar-refractivity contribution is 6.28. The predicted molar refractivity (Wildman–Crippen MR) is 60.5 cm³/mol. The SMILES string of the molecule is Clc1ccc(C23CCCN2CC(Cl)C3)o1. The summed E-state index contributed by atoms with van der Waals surface area (Å²) in [6.07, 6.45) is 3.35. The minimum atomic E-state index is 0.0412. The van der Waals surface area contributed by atoms with E-state index in [4.69, 9.17) is 27.6 Å². The third-order valence-corrected chi connectivity index (χ3v) is 4.13. The van der Waals surface area contributed by atoms with Gasteiger partial charge in [-0.2, -0.15) is 0 Å². The van der Waals surface area contributed by atoms with Gasteiger partial charge in [0.15, 0.2) is 5.22 Å². The van der Waals surface area contributed by atoms with Gasteiger partial charge in [0.25, 0.3) is 0 Å². The van der Waals surface area contributed by atoms with Crippen molar-refractivity contribution < 1.29 is 4.42 Å². The Balaban J connectivity index is 2.01. The molecule has 0 N–H and O–H groups in total. The van der Waals surface area contributed by atoms with Crippen molar-refractivity contribution >= 4 is 23.2 Å². The normalized spacial score (nSPS) is 36.0. The number of halogens is 2. The van der Waals surface area contributed by atoms with Gasteiger partial charge >= 0.3 is 0 Å². The van der Waals surface area contributed by atoms with Gasteiger partial charge in [0.2, 0.25) is 0 Å². The fraction of sp³-hybridized carbons (Fsp3) is 0.636. The fourth-order valence-corrected chi connectivity index (χ4v) is 3.61. The van der Waals surface area contributed by atoms with Gasteiger partial charge in [-0.25, -0.2) is 0 Å². The fourth-order valence-electron chi connectivity index (χ4n) is 3.05. The Kier molecular flexibility index (Phi) is 2.27. The first-order valence-corrected chi connectivity index (χ1v) is 6.17. The molecule has 15 heavy (non-hydrogen) atoms. The van der Waals surface area contributed by atoms with Crippen molar-refractivity contribution in [2.45, 2.75) is 30.2 Å². The molecule has 3 rings (SSSR count). The van der Waals surface area contributed by atoms with Crippen LogP contribution in [0.15, 0.2) is 16.5 Å². The van der Waals surface area contributed by atoms with Gasteiger partial charge in [0, 0.05) is 11.9 Å². The molecule has 0 bridgehead atoms. The van der Waals surface area contributed by atoms with Crippen LogP contribution >= 0.6 is 23.2 Å². The van der Waals surface area contributed by atoms with Crippen LogP contribution in [0.5, 0.6) is 0 Å². The van der Waals surface area contributed by atoms with Crippen LogP contribution in [0, 0.1) is 0 Å². The number of rotatable bonds is 1. The van der Waals surface area contributed by atoms with E-state index < -0.39 is 0 Å². The molecule has 82 valence electrons. The van der Waals surface area contributed by atoms with Gasteiger partial charge in [-0.1, -0.05) is 0 Å². The van der Waals surface area contributed by atoms with E-state index >= 15 is 0 Å². The second-order valence-electron chi connectivity index (χ2n) is 4.49. The van der Waals surface area contributed by atoms with E-state index in [0.717, 1.165) is 31.7 Å². The maximum absolute atomic E-state index is 6.24. The topological polar surface area (TPSA) is 16.4 Å². The van der Waals surface area contributed by atoms with Crippen molar-refractivity contribution in [3.63, 3.8) is 0 Å². The molecule has 0 saturated carbocycles. The van der Waals surface area contributed by atoms with Crippen molar-refractivity contribution in [3.8, 4) is 0 Å². The smallest absolute Gasteiger partial charge is 0.193 e. The van der Waals surface area contributed by atoms with E-state index in [0.29, 0.717) is 5.22 Å². The number of fused-ring (bicyclic) bond motifs is 1. The molecule has 0 amide bonds. The number of furan rings is 1. The highest BCUT2D eigenvalue weighted by Crippen LogP contribution is 2.48. The van der Waals surface area contributed by atoms with Crippen LogP contribution in [0.2, 0.25) is 5.22 Å². The zero-order valence-electron chi connectivity index (χ0n) is 8.38. The summed E-state index contributed by atoms with van der Waals surface area (Å²) in [6.45, 7) is 2.10. The van der Waals surface area contributed by atoms with Crippen molar-refractivity contribution in [1.82, 2.24) is 4.90 Å². The zero-order chi connectivity index (χ0) is 10.5. The summed E-state index contributed by atoms with van der Waals surface area (Å²) in [5.74, 6) is 0.994. The Morgan fingerprint density at radius 3 is 3.07 bits per heavy atom. The minimum absolute atomic E-state index is 0.0412. The van der Waals surface area contributed by atoms with Crippen LogP contribution in [-0.2, 0) is 5.54 Å². The Labute approximate surface area is 99.1 Å². The van der Waals surface area contributed by atoms with E-state index in [1.54, 1.807) is 0 Å². The van der Waals surface area contributed by atoms with E-state index in [1.807, 2.05) is 12.1 Å². The van der Waals surface area contributed by atoms with E-state index in [1.165, 1.54) is 6.42 Å². The first kappa shape index (κ1) is 10.0. The molecule has 2 saturated heterocycles. The molecule has 0 spiro atoms. The Morgan fingerprint density at radius 2 is 2.33 bits per heavy atom. The molecule has 2 unspecified atom stereocenters. The Bertz CT molecular complexity index is 378. The molecule has 2 aliphatic heterocycles. The molecule has 2 fully saturated rings. The van der Waals surface area contributed by atoms with Crippen LogP contribution in [0.1, 0.15) is 25.0 Å². The quantitative estimate of drug-likeness (QED) is 0.707. The van der Waals surface area contributed by atoms with Crippen LogP contribution in [0.3, 0.4) is 0 Å². The maximum atomic E-state index is 6.24. The highest BCUT2D eigenvalue weighted by Gasteiger charge is 2.50. The molecule has 1 aromatic heterocycles. The lowest BCUT2D eigenvalue weighted by Crippen LogP contribution is -2.34. The summed E-state index contributed by atoms with van der Waals surface area (Å²) in [5.41, 5.74) is 0.0412. The van der Waals surface area contributed by atoms with Crippen molar-refractivity contribution in [3.05, 3.63) is 23.1 Å². The van der Waals surface area contributed by atoms with Crippen LogP contribution in [0.4, 0.5) is 0 Å². The van der Waals surface area contributed by atoms with E-state index in [2.05, 4.69) is 4.90 Å². The molecule has 2 aliphatic rings. The molecule has 4 heteroatoms. The molecule has 3 heterocycles. The molecular formula is C11H13Cl2NO. The van der Waals surface area contributed by atoms with Gasteiger partial charge in [0.1, 0.15) is 5.76 Å². The lowest BCUT2D eigenvalue weighted by molar-refractivity contribution is 0.163. The van der Waals surface area contributed by atoms with Gasteiger partial charge in [-0.3, -0.25) is 4.90 Å². The summed E-state index contributed by atoms with van der Waals surface area (Å²) >= 11 is 12.1. The third-order valence-electron chi connectivity index (χ3n) is 3.63. The molecule has 2 atom stereocenters. The number of hydrogen-bond acceptors (Lipinski definition) is 2. The average Bonchev–Trinajstić information content (AvgIpc) is 2.78. The molecule has 0 aliphatic carbocycles. The summed E-state index contributed by atoms with van der Waals surface area (Å²) in [6, 6.07) is 3.82. The number of nitrogens with zero attached hydrogens (tertiary/aromatic N) is 1. The van der Waals surface area contributed by atoms with Crippen LogP contribution < -0.4 is 0 Å². The summed E-state index contributed by atoms with van der Waals surface area (Å²) < 4.78 is 5.59. The summed E-state index contributed by atoms with van der Waals surface area (Å²) in [4.78, 5) is 2.44. The Morgan fingerprint density at radius 1 is 1.47 bits per heavy atom. The van der Waals surface area contributed by atoms with Crippen LogP contribution in [0.25, 0.3) is 0 Å². The molecule has 2 nitrogen and oxygen atoms in total. The van der Waals surface area contributed by atoms with Gasteiger partial charge < -0.3 is 4.42 Å². The molecule has 1 aromatic rings. The molecular weight excluding hydrogens is 233 g/mol. The maximum Gasteiger partial charge on any atom is 0.193 e. The predicted octanol–water partition coefficient (Wildman–Crippen LogP) is 3.24. The minimum Gasteiger partial charge on any atom is -0.448 e. The van der Waals surface area contributed by atoms with Crippen molar-refractivity contribution in [1.29, 1.82) is 0 Å². The second-order valence-corrected chi connectivity index (χ2v) is 5.48. The largest absolute Gasteiger partial charge is 0.448 e. The first-order valence-electron chi connectivity index (χ1n) is 5.36. The molecule has 0 aromatic carbocycles. The lowest BCUT2D eigenvalue weighted by atomic mass is 9.91. The first-order chi connectivity index (χ1) is 7.21. The van der Waals surface area contributed by atoms with E-state index in [9.17, 15) is 0 Å².